The normalized spacial score (nSPS) is 11.4. The van der Waals surface area contributed by atoms with Gasteiger partial charge in [-0.3, -0.25) is 19.5 Å². The van der Waals surface area contributed by atoms with E-state index in [2.05, 4.69) is 15.5 Å². The molecule has 0 saturated carbocycles. The van der Waals surface area contributed by atoms with Crippen molar-refractivity contribution in [3.05, 3.63) is 69.0 Å². The molecule has 1 heterocycles. The standard InChI is InChI=1S/C20H17ClF3N5O3S/c1-12(30)25-9-3-6-18-26-27-19(28(18)15-5-2-4-14(21)11-15)33-17-8-7-13(20(22,23)24)10-16(17)29(31)32/h2,4-5,7-8,10-11H,3,6,9H2,1H3,(H,25,30). The van der Waals surface area contributed by atoms with Gasteiger partial charge in [0.15, 0.2) is 0 Å². The summed E-state index contributed by atoms with van der Waals surface area (Å²) in [5.41, 5.74) is -1.23. The minimum absolute atomic E-state index is 0.0199. The summed E-state index contributed by atoms with van der Waals surface area (Å²) in [4.78, 5) is 21.6. The first-order valence-electron chi connectivity index (χ1n) is 9.54. The van der Waals surface area contributed by atoms with E-state index in [-0.39, 0.29) is 16.0 Å². The van der Waals surface area contributed by atoms with Gasteiger partial charge in [-0.05, 0) is 48.5 Å². The van der Waals surface area contributed by atoms with E-state index in [1.165, 1.54) is 6.92 Å². The maximum absolute atomic E-state index is 13.0. The average molecular weight is 500 g/mol. The van der Waals surface area contributed by atoms with Crippen molar-refractivity contribution in [1.82, 2.24) is 20.1 Å². The van der Waals surface area contributed by atoms with Crippen molar-refractivity contribution in [1.29, 1.82) is 0 Å². The van der Waals surface area contributed by atoms with E-state index >= 15 is 0 Å². The first kappa shape index (κ1) is 24.5. The molecule has 0 aliphatic rings. The fourth-order valence-electron chi connectivity index (χ4n) is 2.93. The number of alkyl halides is 3. The topological polar surface area (TPSA) is 103 Å². The molecule has 0 bridgehead atoms. The lowest BCUT2D eigenvalue weighted by atomic mass is 10.2. The van der Waals surface area contributed by atoms with Crippen LogP contribution in [0.3, 0.4) is 0 Å². The van der Waals surface area contributed by atoms with Gasteiger partial charge in [-0.2, -0.15) is 13.2 Å². The van der Waals surface area contributed by atoms with Crippen molar-refractivity contribution in [2.24, 2.45) is 0 Å². The van der Waals surface area contributed by atoms with E-state index in [1.807, 2.05) is 0 Å². The lowest BCUT2D eigenvalue weighted by molar-refractivity contribution is -0.388. The third-order valence-electron chi connectivity index (χ3n) is 4.40. The summed E-state index contributed by atoms with van der Waals surface area (Å²) in [5.74, 6) is 0.330. The van der Waals surface area contributed by atoms with Crippen LogP contribution < -0.4 is 5.32 Å². The number of nitrogens with zero attached hydrogens (tertiary/aromatic N) is 4. The quantitative estimate of drug-likeness (QED) is 0.264. The highest BCUT2D eigenvalue weighted by Crippen LogP contribution is 2.39. The smallest absolute Gasteiger partial charge is 0.356 e. The molecule has 0 saturated heterocycles. The number of carbonyl (C=O) groups excluding carboxylic acids is 1. The molecular weight excluding hydrogens is 483 g/mol. The second kappa shape index (κ2) is 10.2. The summed E-state index contributed by atoms with van der Waals surface area (Å²) in [7, 11) is 0. The molecule has 0 aliphatic heterocycles. The summed E-state index contributed by atoms with van der Waals surface area (Å²) in [6.45, 7) is 1.81. The Kier molecular flexibility index (Phi) is 7.59. The van der Waals surface area contributed by atoms with Crippen molar-refractivity contribution in [3.63, 3.8) is 0 Å². The Morgan fingerprint density at radius 1 is 1.24 bits per heavy atom. The number of nitrogens with one attached hydrogen (secondary N) is 1. The van der Waals surface area contributed by atoms with E-state index in [1.54, 1.807) is 28.8 Å². The lowest BCUT2D eigenvalue weighted by Gasteiger charge is -2.12. The van der Waals surface area contributed by atoms with Gasteiger partial charge in [0.05, 0.1) is 21.1 Å². The summed E-state index contributed by atoms with van der Waals surface area (Å²) in [5, 5.41) is 23.0. The van der Waals surface area contributed by atoms with Crippen molar-refractivity contribution in [2.45, 2.75) is 36.0 Å². The van der Waals surface area contributed by atoms with Crippen LogP contribution in [0.25, 0.3) is 5.69 Å². The molecule has 0 spiro atoms. The number of nitro benzene ring substituents is 1. The van der Waals surface area contributed by atoms with Gasteiger partial charge in [0.25, 0.3) is 5.69 Å². The largest absolute Gasteiger partial charge is 0.416 e. The van der Waals surface area contributed by atoms with Gasteiger partial charge in [0, 0.05) is 31.0 Å². The molecule has 0 aliphatic carbocycles. The zero-order valence-corrected chi connectivity index (χ0v) is 18.7. The van der Waals surface area contributed by atoms with Gasteiger partial charge in [-0.1, -0.05) is 17.7 Å². The highest BCUT2D eigenvalue weighted by Gasteiger charge is 2.33. The number of aryl methyl sites for hydroxylation is 1. The molecule has 33 heavy (non-hydrogen) atoms. The van der Waals surface area contributed by atoms with E-state index in [0.29, 0.717) is 42.0 Å². The minimum Gasteiger partial charge on any atom is -0.356 e. The number of aromatic nitrogens is 3. The van der Waals surface area contributed by atoms with Crippen molar-refractivity contribution in [2.75, 3.05) is 6.54 Å². The predicted molar refractivity (Wildman–Crippen MR) is 116 cm³/mol. The summed E-state index contributed by atoms with van der Waals surface area (Å²) >= 11 is 6.93. The number of halogens is 4. The summed E-state index contributed by atoms with van der Waals surface area (Å²) < 4.78 is 40.7. The molecule has 1 aromatic heterocycles. The highest BCUT2D eigenvalue weighted by molar-refractivity contribution is 7.99. The van der Waals surface area contributed by atoms with Crippen LogP contribution in [-0.2, 0) is 17.4 Å². The Hall–Kier alpha value is -3.12. The fourth-order valence-corrected chi connectivity index (χ4v) is 4.07. The van der Waals surface area contributed by atoms with Gasteiger partial charge >= 0.3 is 6.18 Å². The summed E-state index contributed by atoms with van der Waals surface area (Å²) in [6, 6.07) is 9.07. The van der Waals surface area contributed by atoms with Gasteiger partial charge in [0.2, 0.25) is 11.1 Å². The maximum atomic E-state index is 13.0. The van der Waals surface area contributed by atoms with Crippen LogP contribution in [0.1, 0.15) is 24.7 Å². The second-order valence-corrected chi connectivity index (χ2v) is 8.29. The van der Waals surface area contributed by atoms with E-state index in [4.69, 9.17) is 11.6 Å². The van der Waals surface area contributed by atoms with E-state index in [0.717, 1.165) is 23.9 Å². The van der Waals surface area contributed by atoms with Gasteiger partial charge < -0.3 is 5.32 Å². The lowest BCUT2D eigenvalue weighted by Crippen LogP contribution is -2.21. The zero-order valence-electron chi connectivity index (χ0n) is 17.1. The third-order valence-corrected chi connectivity index (χ3v) is 5.65. The SMILES string of the molecule is CC(=O)NCCCc1nnc(Sc2ccc(C(F)(F)F)cc2[N+](=O)[O-])n1-c1cccc(Cl)c1. The molecular formula is C20H17ClF3N5O3S. The number of nitro groups is 1. The fraction of sp³-hybridized carbons (Fsp3) is 0.250. The van der Waals surface area contributed by atoms with Crippen molar-refractivity contribution < 1.29 is 22.9 Å². The number of hydrogen-bond acceptors (Lipinski definition) is 6. The number of carbonyl (C=O) groups is 1. The van der Waals surface area contributed by atoms with Gasteiger partial charge in [-0.15, -0.1) is 10.2 Å². The van der Waals surface area contributed by atoms with Crippen LogP contribution in [0, 0.1) is 10.1 Å². The second-order valence-electron chi connectivity index (χ2n) is 6.84. The van der Waals surface area contributed by atoms with E-state index < -0.39 is 22.4 Å². The Morgan fingerprint density at radius 3 is 2.64 bits per heavy atom. The average Bonchev–Trinajstić information content (AvgIpc) is 3.12. The van der Waals surface area contributed by atoms with Crippen molar-refractivity contribution in [3.8, 4) is 5.69 Å². The van der Waals surface area contributed by atoms with Crippen LogP contribution in [0.5, 0.6) is 0 Å². The molecule has 1 amide bonds. The molecule has 3 aromatic rings. The van der Waals surface area contributed by atoms with Gasteiger partial charge in [-0.25, -0.2) is 0 Å². The zero-order chi connectivity index (χ0) is 24.2. The number of amides is 1. The van der Waals surface area contributed by atoms with Crippen LogP contribution >= 0.6 is 23.4 Å². The first-order valence-corrected chi connectivity index (χ1v) is 10.7. The minimum atomic E-state index is -4.71. The summed E-state index contributed by atoms with van der Waals surface area (Å²) in [6.07, 6.45) is -3.76. The molecule has 1 N–H and O–H groups in total. The van der Waals surface area contributed by atoms with Gasteiger partial charge in [0.1, 0.15) is 5.82 Å². The van der Waals surface area contributed by atoms with Crippen LogP contribution in [-0.4, -0.2) is 32.1 Å². The molecule has 2 aromatic carbocycles. The number of hydrogen-bond donors (Lipinski definition) is 1. The van der Waals surface area contributed by atoms with Crippen LogP contribution in [0.15, 0.2) is 52.5 Å². The predicted octanol–water partition coefficient (Wildman–Crippen LogP) is 5.07. The Bertz CT molecular complexity index is 1190. The monoisotopic (exact) mass is 499 g/mol. The first-order chi connectivity index (χ1) is 15.6. The Morgan fingerprint density at radius 2 is 2.00 bits per heavy atom. The maximum Gasteiger partial charge on any atom is 0.416 e. The van der Waals surface area contributed by atoms with Crippen LogP contribution in [0.2, 0.25) is 5.02 Å². The molecule has 3 rings (SSSR count). The third kappa shape index (κ3) is 6.23. The van der Waals surface area contributed by atoms with Crippen LogP contribution in [0.4, 0.5) is 18.9 Å². The van der Waals surface area contributed by atoms with E-state index in [9.17, 15) is 28.1 Å². The number of rotatable bonds is 8. The number of benzene rings is 2. The molecule has 0 unspecified atom stereocenters. The molecule has 0 atom stereocenters. The Balaban J connectivity index is 1.99. The van der Waals surface area contributed by atoms with Crippen molar-refractivity contribution >= 4 is 35.0 Å². The highest BCUT2D eigenvalue weighted by atomic mass is 35.5. The molecule has 0 fully saturated rings. The molecule has 8 nitrogen and oxygen atoms in total. The molecule has 174 valence electrons. The molecule has 0 radical (unpaired) electrons. The molecule has 13 heteroatoms. The Labute approximate surface area is 195 Å².